The molecule has 1 fully saturated rings. The van der Waals surface area contributed by atoms with Crippen molar-refractivity contribution in [3.8, 4) is 0 Å². The van der Waals surface area contributed by atoms with Gasteiger partial charge in [0.15, 0.2) is 5.13 Å². The Hall–Kier alpha value is -1.80. The number of aromatic nitrogens is 1. The number of carbonyl (C=O) groups is 1. The Bertz CT molecular complexity index is 1050. The Morgan fingerprint density at radius 1 is 1.23 bits per heavy atom. The zero-order valence-electron chi connectivity index (χ0n) is 17.4. The predicted molar refractivity (Wildman–Crippen MR) is 127 cm³/mol. The van der Waals surface area contributed by atoms with E-state index in [0.717, 1.165) is 64.7 Å². The van der Waals surface area contributed by atoms with Gasteiger partial charge in [0.2, 0.25) is 0 Å². The minimum Gasteiger partial charge on any atom is -0.379 e. The molecule has 1 aromatic heterocycles. The monoisotopic (exact) mass is 487 g/mol. The van der Waals surface area contributed by atoms with Crippen LogP contribution in [0.3, 0.4) is 0 Å². The number of nitrogens with zero attached hydrogens (tertiary/aromatic N) is 3. The van der Waals surface area contributed by atoms with Crippen LogP contribution >= 0.6 is 27.3 Å². The number of anilines is 1. The van der Waals surface area contributed by atoms with Gasteiger partial charge in [0, 0.05) is 30.7 Å². The van der Waals surface area contributed by atoms with Crippen LogP contribution in [-0.2, 0) is 4.74 Å². The second-order valence-electron chi connectivity index (χ2n) is 7.67. The van der Waals surface area contributed by atoms with E-state index < -0.39 is 0 Å². The molecule has 2 aromatic carbocycles. The summed E-state index contributed by atoms with van der Waals surface area (Å²) < 4.78 is 7.37. The number of hydrogen-bond donors (Lipinski definition) is 0. The lowest BCUT2D eigenvalue weighted by Crippen LogP contribution is -2.39. The van der Waals surface area contributed by atoms with Gasteiger partial charge >= 0.3 is 0 Å². The molecule has 158 valence electrons. The van der Waals surface area contributed by atoms with Crippen LogP contribution in [0, 0.1) is 13.8 Å². The molecular formula is C23H26BrN3O2S. The first-order valence-electron chi connectivity index (χ1n) is 10.3. The van der Waals surface area contributed by atoms with Gasteiger partial charge in [-0.3, -0.25) is 14.6 Å². The van der Waals surface area contributed by atoms with Crippen molar-refractivity contribution in [1.82, 2.24) is 9.88 Å². The molecule has 0 bridgehead atoms. The average Bonchev–Trinajstić information content (AvgIpc) is 3.16. The number of carbonyl (C=O) groups excluding carboxylic acids is 1. The SMILES string of the molecule is Cc1cc(C)c2nc(N(CCCN3CCOCC3)C(=O)c3ccccc3Br)sc2c1. The molecule has 0 aliphatic carbocycles. The van der Waals surface area contributed by atoms with Crippen molar-refractivity contribution < 1.29 is 9.53 Å². The Balaban J connectivity index is 1.62. The lowest BCUT2D eigenvalue weighted by molar-refractivity contribution is 0.0376. The zero-order chi connectivity index (χ0) is 21.1. The molecule has 1 amide bonds. The fraction of sp³-hybridized carbons (Fsp3) is 0.391. The molecule has 4 rings (SSSR count). The first-order valence-corrected chi connectivity index (χ1v) is 11.9. The maximum absolute atomic E-state index is 13.5. The lowest BCUT2D eigenvalue weighted by atomic mass is 10.1. The minimum atomic E-state index is -0.0158. The van der Waals surface area contributed by atoms with Crippen LogP contribution < -0.4 is 4.90 Å². The van der Waals surface area contributed by atoms with Gasteiger partial charge in [0.1, 0.15) is 0 Å². The number of aryl methyl sites for hydroxylation is 2. The molecule has 1 saturated heterocycles. The topological polar surface area (TPSA) is 45.7 Å². The van der Waals surface area contributed by atoms with E-state index in [9.17, 15) is 4.79 Å². The molecule has 30 heavy (non-hydrogen) atoms. The van der Waals surface area contributed by atoms with E-state index >= 15 is 0 Å². The van der Waals surface area contributed by atoms with Crippen LogP contribution in [0.15, 0.2) is 40.9 Å². The molecule has 0 atom stereocenters. The molecule has 0 N–H and O–H groups in total. The molecule has 0 unspecified atom stereocenters. The average molecular weight is 488 g/mol. The number of halogens is 1. The Kier molecular flexibility index (Phi) is 6.83. The number of morpholine rings is 1. The fourth-order valence-corrected chi connectivity index (χ4v) is 5.44. The van der Waals surface area contributed by atoms with Crippen molar-refractivity contribution in [1.29, 1.82) is 0 Å². The highest BCUT2D eigenvalue weighted by atomic mass is 79.9. The van der Waals surface area contributed by atoms with Gasteiger partial charge in [-0.2, -0.15) is 0 Å². The summed E-state index contributed by atoms with van der Waals surface area (Å²) in [7, 11) is 0. The molecule has 1 aliphatic rings. The van der Waals surface area contributed by atoms with Crippen molar-refractivity contribution in [2.45, 2.75) is 20.3 Å². The Morgan fingerprint density at radius 2 is 2.00 bits per heavy atom. The smallest absolute Gasteiger partial charge is 0.261 e. The normalized spacial score (nSPS) is 14.9. The highest BCUT2D eigenvalue weighted by Gasteiger charge is 2.23. The molecule has 7 heteroatoms. The first kappa shape index (κ1) is 21.4. The number of thiazole rings is 1. The van der Waals surface area contributed by atoms with Gasteiger partial charge in [-0.25, -0.2) is 4.98 Å². The number of fused-ring (bicyclic) bond motifs is 1. The van der Waals surface area contributed by atoms with Gasteiger partial charge in [0.05, 0.1) is 29.0 Å². The van der Waals surface area contributed by atoms with Crippen molar-refractivity contribution in [2.75, 3.05) is 44.3 Å². The summed E-state index contributed by atoms with van der Waals surface area (Å²) in [6.45, 7) is 9.25. The molecule has 2 heterocycles. The number of benzene rings is 2. The molecule has 0 radical (unpaired) electrons. The van der Waals surface area contributed by atoms with Crippen LogP contribution in [0.1, 0.15) is 27.9 Å². The van der Waals surface area contributed by atoms with Gasteiger partial charge in [-0.1, -0.05) is 29.5 Å². The Labute approximate surface area is 189 Å². The van der Waals surface area contributed by atoms with Crippen molar-refractivity contribution in [3.05, 3.63) is 57.6 Å². The summed E-state index contributed by atoms with van der Waals surface area (Å²) in [4.78, 5) is 22.6. The third-order valence-electron chi connectivity index (χ3n) is 5.36. The summed E-state index contributed by atoms with van der Waals surface area (Å²) >= 11 is 5.13. The third kappa shape index (κ3) is 4.75. The molecule has 5 nitrogen and oxygen atoms in total. The van der Waals surface area contributed by atoms with Crippen LogP contribution in [0.4, 0.5) is 5.13 Å². The lowest BCUT2D eigenvalue weighted by Gasteiger charge is -2.27. The minimum absolute atomic E-state index is 0.0158. The Morgan fingerprint density at radius 3 is 2.77 bits per heavy atom. The maximum Gasteiger partial charge on any atom is 0.261 e. The summed E-state index contributed by atoms with van der Waals surface area (Å²) in [5, 5.41) is 0.765. The second-order valence-corrected chi connectivity index (χ2v) is 9.53. The molecule has 0 spiro atoms. The quantitative estimate of drug-likeness (QED) is 0.488. The van der Waals surface area contributed by atoms with Gasteiger partial charge in [0.25, 0.3) is 5.91 Å². The molecular weight excluding hydrogens is 462 g/mol. The van der Waals surface area contributed by atoms with Crippen molar-refractivity contribution in [3.63, 3.8) is 0 Å². The first-order chi connectivity index (χ1) is 14.5. The number of hydrogen-bond acceptors (Lipinski definition) is 5. The molecule has 3 aromatic rings. The number of amides is 1. The van der Waals surface area contributed by atoms with E-state index in [4.69, 9.17) is 9.72 Å². The largest absolute Gasteiger partial charge is 0.379 e. The number of ether oxygens (including phenoxy) is 1. The molecule has 0 saturated carbocycles. The second kappa shape index (κ2) is 9.56. The zero-order valence-corrected chi connectivity index (χ0v) is 19.8. The highest BCUT2D eigenvalue weighted by Crippen LogP contribution is 2.33. The van der Waals surface area contributed by atoms with E-state index in [1.807, 2.05) is 29.2 Å². The van der Waals surface area contributed by atoms with Crippen LogP contribution in [-0.4, -0.2) is 55.2 Å². The molecule has 1 aliphatic heterocycles. The van der Waals surface area contributed by atoms with E-state index in [1.165, 1.54) is 5.56 Å². The van der Waals surface area contributed by atoms with Crippen LogP contribution in [0.5, 0.6) is 0 Å². The van der Waals surface area contributed by atoms with Gasteiger partial charge < -0.3 is 4.74 Å². The summed E-state index contributed by atoms with van der Waals surface area (Å²) in [6.07, 6.45) is 0.893. The fourth-order valence-electron chi connectivity index (χ4n) is 3.82. The van der Waals surface area contributed by atoms with Crippen LogP contribution in [0.25, 0.3) is 10.2 Å². The summed E-state index contributed by atoms with van der Waals surface area (Å²) in [5.74, 6) is -0.0158. The van der Waals surface area contributed by atoms with Crippen molar-refractivity contribution in [2.24, 2.45) is 0 Å². The highest BCUT2D eigenvalue weighted by molar-refractivity contribution is 9.10. The van der Waals surface area contributed by atoms with Gasteiger partial charge in [-0.05, 0) is 65.5 Å². The predicted octanol–water partition coefficient (Wildman–Crippen LogP) is 5.04. The maximum atomic E-state index is 13.5. The van der Waals surface area contributed by atoms with Crippen molar-refractivity contribution >= 4 is 48.5 Å². The van der Waals surface area contributed by atoms with E-state index in [-0.39, 0.29) is 5.91 Å². The standard InChI is InChI=1S/C23H26BrN3O2S/c1-16-14-17(2)21-20(15-16)30-23(25-21)27(9-5-8-26-10-12-29-13-11-26)22(28)18-6-3-4-7-19(18)24/h3-4,6-7,14-15H,5,8-13H2,1-2H3. The number of rotatable bonds is 6. The van der Waals surface area contributed by atoms with E-state index in [2.05, 4.69) is 46.8 Å². The van der Waals surface area contributed by atoms with Gasteiger partial charge in [-0.15, -0.1) is 0 Å². The van der Waals surface area contributed by atoms with E-state index in [1.54, 1.807) is 11.3 Å². The third-order valence-corrected chi connectivity index (χ3v) is 7.08. The van der Waals surface area contributed by atoms with E-state index in [0.29, 0.717) is 12.1 Å². The van der Waals surface area contributed by atoms with Crippen LogP contribution in [0.2, 0.25) is 0 Å². The summed E-state index contributed by atoms with van der Waals surface area (Å²) in [5.41, 5.74) is 4.01. The summed E-state index contributed by atoms with van der Waals surface area (Å²) in [6, 6.07) is 11.9.